The molecule has 0 bridgehead atoms. The van der Waals surface area contributed by atoms with E-state index < -0.39 is 5.60 Å². The van der Waals surface area contributed by atoms with E-state index in [-0.39, 0.29) is 23.6 Å². The molecule has 2 aliphatic rings. The summed E-state index contributed by atoms with van der Waals surface area (Å²) < 4.78 is 25.6. The molecule has 1 aromatic heterocycles. The third-order valence-corrected chi connectivity index (χ3v) is 4.96. The Bertz CT molecular complexity index is 789. The van der Waals surface area contributed by atoms with Gasteiger partial charge in [0.1, 0.15) is 6.10 Å². The van der Waals surface area contributed by atoms with Crippen LogP contribution in [0.4, 0.5) is 4.39 Å². The lowest BCUT2D eigenvalue weighted by molar-refractivity contribution is -0.0453. The number of carbonyl (C=O) groups is 1. The second-order valence-electron chi connectivity index (χ2n) is 6.83. The van der Waals surface area contributed by atoms with Crippen LogP contribution < -0.4 is 4.74 Å². The number of nitrogens with zero attached hydrogens (tertiary/aromatic N) is 3. The molecule has 1 amide bonds. The normalized spacial score (nSPS) is 25.4. The van der Waals surface area contributed by atoms with Gasteiger partial charge < -0.3 is 14.4 Å². The van der Waals surface area contributed by atoms with E-state index in [1.54, 1.807) is 29.2 Å². The highest BCUT2D eigenvalue weighted by atomic mass is 19.1. The Labute approximate surface area is 150 Å². The molecule has 2 aliphatic heterocycles. The van der Waals surface area contributed by atoms with Crippen LogP contribution in [-0.2, 0) is 4.74 Å². The molecule has 4 rings (SSSR count). The van der Waals surface area contributed by atoms with E-state index in [9.17, 15) is 9.18 Å². The Morgan fingerprint density at radius 1 is 1.31 bits per heavy atom. The molecule has 3 heterocycles. The van der Waals surface area contributed by atoms with Gasteiger partial charge in [0, 0.05) is 13.0 Å². The van der Waals surface area contributed by atoms with Crippen molar-refractivity contribution in [3.8, 4) is 5.75 Å². The van der Waals surface area contributed by atoms with Crippen molar-refractivity contribution < 1.29 is 18.7 Å². The molecule has 0 unspecified atom stereocenters. The molecule has 2 aromatic rings. The molecule has 2 saturated heterocycles. The van der Waals surface area contributed by atoms with Crippen molar-refractivity contribution in [3.05, 3.63) is 54.1 Å². The maximum absolute atomic E-state index is 13.8. The first-order chi connectivity index (χ1) is 12.7. The molecule has 7 heteroatoms. The number of para-hydroxylation sites is 1. The third kappa shape index (κ3) is 3.39. The Balaban J connectivity index is 1.43. The lowest BCUT2D eigenvalue weighted by atomic mass is 9.89. The van der Waals surface area contributed by atoms with Crippen molar-refractivity contribution in [1.29, 1.82) is 0 Å². The Morgan fingerprint density at radius 2 is 2.19 bits per heavy atom. The van der Waals surface area contributed by atoms with Gasteiger partial charge in [-0.2, -0.15) is 10.2 Å². The fourth-order valence-electron chi connectivity index (χ4n) is 3.75. The van der Waals surface area contributed by atoms with E-state index in [4.69, 9.17) is 9.47 Å². The van der Waals surface area contributed by atoms with Gasteiger partial charge in [-0.1, -0.05) is 12.1 Å². The zero-order valence-corrected chi connectivity index (χ0v) is 14.3. The molecule has 1 aromatic carbocycles. The number of carbonyl (C=O) groups excluding carboxylic acids is 1. The maximum atomic E-state index is 13.8. The first kappa shape index (κ1) is 16.9. The smallest absolute Gasteiger partial charge is 0.255 e. The van der Waals surface area contributed by atoms with Crippen LogP contribution in [-0.4, -0.2) is 52.4 Å². The van der Waals surface area contributed by atoms with E-state index in [1.807, 2.05) is 0 Å². The molecule has 0 saturated carbocycles. The predicted molar refractivity (Wildman–Crippen MR) is 91.3 cm³/mol. The minimum atomic E-state index is -0.426. The molecular formula is C19H20FN3O3. The molecule has 0 radical (unpaired) electrons. The van der Waals surface area contributed by atoms with Crippen LogP contribution in [0.15, 0.2) is 42.7 Å². The molecule has 26 heavy (non-hydrogen) atoms. The summed E-state index contributed by atoms with van der Waals surface area (Å²) in [6, 6.07) is 8.04. The summed E-state index contributed by atoms with van der Waals surface area (Å²) in [6.07, 6.45) is 5.13. The van der Waals surface area contributed by atoms with E-state index in [1.165, 1.54) is 18.5 Å². The van der Waals surface area contributed by atoms with Gasteiger partial charge >= 0.3 is 0 Å². The van der Waals surface area contributed by atoms with Gasteiger partial charge in [-0.3, -0.25) is 4.79 Å². The van der Waals surface area contributed by atoms with Crippen LogP contribution in [0.3, 0.4) is 0 Å². The molecule has 6 nitrogen and oxygen atoms in total. The summed E-state index contributed by atoms with van der Waals surface area (Å²) in [7, 11) is 0. The molecule has 1 spiro atoms. The standard InChI is InChI=1S/C19H20FN3O3/c20-16-4-1-2-5-17(16)26-15-10-19(25-12-15)7-3-9-23(13-19)18(24)14-6-8-21-22-11-14/h1-2,4-6,8,11,15H,3,7,9-10,12-13H2/t15-,19-/m1/s1. The van der Waals surface area contributed by atoms with Crippen molar-refractivity contribution in [2.45, 2.75) is 31.0 Å². The highest BCUT2D eigenvalue weighted by Gasteiger charge is 2.45. The second-order valence-corrected chi connectivity index (χ2v) is 6.83. The molecule has 2 fully saturated rings. The van der Waals surface area contributed by atoms with Crippen LogP contribution in [0, 0.1) is 5.82 Å². The SMILES string of the molecule is O=C(c1ccnnc1)N1CCC[C@@]2(C[C@@H](Oc3ccccc3F)CO2)C1. The number of rotatable bonds is 3. The van der Waals surface area contributed by atoms with Gasteiger partial charge in [-0.25, -0.2) is 4.39 Å². The number of likely N-dealkylation sites (tertiary alicyclic amines) is 1. The van der Waals surface area contributed by atoms with Gasteiger partial charge in [-0.15, -0.1) is 0 Å². The number of aromatic nitrogens is 2. The number of benzene rings is 1. The maximum Gasteiger partial charge on any atom is 0.255 e. The zero-order chi connectivity index (χ0) is 18.0. The minimum Gasteiger partial charge on any atom is -0.485 e. The molecule has 0 aliphatic carbocycles. The summed E-state index contributed by atoms with van der Waals surface area (Å²) in [5.41, 5.74) is 0.0961. The third-order valence-electron chi connectivity index (χ3n) is 4.96. The number of hydrogen-bond donors (Lipinski definition) is 0. The van der Waals surface area contributed by atoms with Gasteiger partial charge in [0.2, 0.25) is 0 Å². The fourth-order valence-corrected chi connectivity index (χ4v) is 3.75. The number of piperidine rings is 1. The number of amides is 1. The zero-order valence-electron chi connectivity index (χ0n) is 14.3. The Hall–Kier alpha value is -2.54. The largest absolute Gasteiger partial charge is 0.485 e. The summed E-state index contributed by atoms with van der Waals surface area (Å²) in [5, 5.41) is 7.48. The summed E-state index contributed by atoms with van der Waals surface area (Å²) >= 11 is 0. The summed E-state index contributed by atoms with van der Waals surface area (Å²) in [4.78, 5) is 14.5. The Morgan fingerprint density at radius 3 is 3.00 bits per heavy atom. The van der Waals surface area contributed by atoms with Crippen molar-refractivity contribution in [2.75, 3.05) is 19.7 Å². The van der Waals surface area contributed by atoms with Crippen molar-refractivity contribution in [3.63, 3.8) is 0 Å². The molecule has 0 N–H and O–H groups in total. The number of halogens is 1. The lowest BCUT2D eigenvalue weighted by Crippen LogP contribution is -2.50. The van der Waals surface area contributed by atoms with Crippen LogP contribution in [0.1, 0.15) is 29.6 Å². The second kappa shape index (κ2) is 6.99. The van der Waals surface area contributed by atoms with Crippen molar-refractivity contribution >= 4 is 5.91 Å². The van der Waals surface area contributed by atoms with E-state index in [0.717, 1.165) is 12.8 Å². The van der Waals surface area contributed by atoms with Gasteiger partial charge in [-0.05, 0) is 31.0 Å². The van der Waals surface area contributed by atoms with Crippen LogP contribution in [0.25, 0.3) is 0 Å². The average molecular weight is 357 g/mol. The Kier molecular flexibility index (Phi) is 4.55. The minimum absolute atomic E-state index is 0.0685. The van der Waals surface area contributed by atoms with Crippen LogP contribution in [0.2, 0.25) is 0 Å². The van der Waals surface area contributed by atoms with Crippen LogP contribution >= 0.6 is 0 Å². The van der Waals surface area contributed by atoms with E-state index >= 15 is 0 Å². The highest BCUT2D eigenvalue weighted by molar-refractivity contribution is 5.93. The number of hydrogen-bond acceptors (Lipinski definition) is 5. The lowest BCUT2D eigenvalue weighted by Gasteiger charge is -2.39. The van der Waals surface area contributed by atoms with E-state index in [0.29, 0.717) is 31.7 Å². The highest BCUT2D eigenvalue weighted by Crippen LogP contribution is 2.37. The molecule has 136 valence electrons. The molecule has 2 atom stereocenters. The van der Waals surface area contributed by atoms with Gasteiger partial charge in [0.25, 0.3) is 5.91 Å². The summed E-state index contributed by atoms with van der Waals surface area (Å²) in [5.74, 6) is -0.204. The number of ether oxygens (including phenoxy) is 2. The van der Waals surface area contributed by atoms with Crippen molar-refractivity contribution in [2.24, 2.45) is 0 Å². The van der Waals surface area contributed by atoms with Gasteiger partial charge in [0.15, 0.2) is 11.6 Å². The monoisotopic (exact) mass is 357 g/mol. The first-order valence-electron chi connectivity index (χ1n) is 8.76. The molecular weight excluding hydrogens is 337 g/mol. The van der Waals surface area contributed by atoms with Gasteiger partial charge in [0.05, 0.1) is 36.7 Å². The average Bonchev–Trinajstić information content (AvgIpc) is 3.05. The summed E-state index contributed by atoms with van der Waals surface area (Å²) in [6.45, 7) is 1.59. The first-order valence-corrected chi connectivity index (χ1v) is 8.76. The van der Waals surface area contributed by atoms with E-state index in [2.05, 4.69) is 10.2 Å². The fraction of sp³-hybridized carbons (Fsp3) is 0.421. The quantitative estimate of drug-likeness (QED) is 0.844. The predicted octanol–water partition coefficient (Wildman–Crippen LogP) is 2.46. The van der Waals surface area contributed by atoms with Crippen molar-refractivity contribution in [1.82, 2.24) is 15.1 Å². The topological polar surface area (TPSA) is 64.6 Å². The van der Waals surface area contributed by atoms with Crippen LogP contribution in [0.5, 0.6) is 5.75 Å².